The Morgan fingerprint density at radius 2 is 2.20 bits per heavy atom. The molecule has 0 aliphatic carbocycles. The van der Waals surface area contributed by atoms with Crippen LogP contribution in [0.5, 0.6) is 0 Å². The molecule has 0 bridgehead atoms. The highest BCUT2D eigenvalue weighted by atomic mass is 79.9. The topological polar surface area (TPSA) is 61.1 Å². The maximum atomic E-state index is 11.8. The predicted octanol–water partition coefficient (Wildman–Crippen LogP) is 2.52. The predicted molar refractivity (Wildman–Crippen MR) is 70.0 cm³/mol. The Labute approximate surface area is 106 Å². The third-order valence-corrected chi connectivity index (χ3v) is 5.04. The molecule has 0 radical (unpaired) electrons. The zero-order valence-corrected chi connectivity index (χ0v) is 12.1. The molecule has 0 aliphatic rings. The molecular weight excluding hydrogens is 296 g/mol. The van der Waals surface area contributed by atoms with Crippen LogP contribution < -0.4 is 10.5 Å². The number of rotatable bonds is 3. The van der Waals surface area contributed by atoms with Crippen LogP contribution in [0.2, 0.25) is 0 Å². The number of halogens is 1. The van der Waals surface area contributed by atoms with Gasteiger partial charge in [0.25, 0.3) is 0 Å². The standard InChI is InChI=1S/C9H15BrN2OS2/c1-9(2,3)15(13)12-8(11)7-4-6(10)5-14-7/h4-5,8,12H,11H2,1-3H3/t8-,15?/m0/s1. The summed E-state index contributed by atoms with van der Waals surface area (Å²) in [5.41, 5.74) is 5.89. The van der Waals surface area contributed by atoms with Crippen molar-refractivity contribution >= 4 is 38.6 Å². The van der Waals surface area contributed by atoms with Gasteiger partial charge in [-0.15, -0.1) is 16.1 Å². The minimum absolute atomic E-state index is 0.299. The number of hydrogen-bond donors (Lipinski definition) is 2. The molecule has 1 aromatic rings. The van der Waals surface area contributed by atoms with Crippen LogP contribution in [-0.4, -0.2) is 9.30 Å². The van der Waals surface area contributed by atoms with Gasteiger partial charge in [-0.2, -0.15) is 0 Å². The van der Waals surface area contributed by atoms with Crippen LogP contribution in [0.25, 0.3) is 0 Å². The van der Waals surface area contributed by atoms with E-state index in [4.69, 9.17) is 5.73 Å². The SMILES string of the molecule is CC(C)(C)[S+]([O-])N[C@H](N)c1cc(Br)cs1. The summed E-state index contributed by atoms with van der Waals surface area (Å²) < 4.78 is 15.4. The van der Waals surface area contributed by atoms with Crippen LogP contribution in [0.15, 0.2) is 15.9 Å². The van der Waals surface area contributed by atoms with Crippen molar-refractivity contribution in [2.45, 2.75) is 31.7 Å². The van der Waals surface area contributed by atoms with E-state index in [-0.39, 0.29) is 10.9 Å². The van der Waals surface area contributed by atoms with Crippen molar-refractivity contribution in [3.63, 3.8) is 0 Å². The summed E-state index contributed by atoms with van der Waals surface area (Å²) in [6.07, 6.45) is -0.374. The molecule has 0 saturated carbocycles. The second kappa shape index (κ2) is 5.16. The van der Waals surface area contributed by atoms with Crippen LogP contribution in [0.3, 0.4) is 0 Å². The Morgan fingerprint density at radius 3 is 2.60 bits per heavy atom. The van der Waals surface area contributed by atoms with Gasteiger partial charge in [-0.1, -0.05) is 0 Å². The maximum absolute atomic E-state index is 11.8. The molecule has 6 heteroatoms. The second-order valence-corrected chi connectivity index (χ2v) is 8.00. The van der Waals surface area contributed by atoms with Gasteiger partial charge in [0.05, 0.1) is 0 Å². The lowest BCUT2D eigenvalue weighted by Gasteiger charge is -2.25. The minimum Gasteiger partial charge on any atom is -0.598 e. The van der Waals surface area contributed by atoms with E-state index in [0.29, 0.717) is 0 Å². The highest BCUT2D eigenvalue weighted by molar-refractivity contribution is 9.10. The zero-order valence-electron chi connectivity index (χ0n) is 8.91. The van der Waals surface area contributed by atoms with Gasteiger partial charge < -0.3 is 10.3 Å². The smallest absolute Gasteiger partial charge is 0.137 e. The molecule has 0 aliphatic heterocycles. The quantitative estimate of drug-likeness (QED) is 0.666. The summed E-state index contributed by atoms with van der Waals surface area (Å²) in [7, 11) is 0. The summed E-state index contributed by atoms with van der Waals surface area (Å²) in [5, 5.41) is 1.96. The van der Waals surface area contributed by atoms with Crippen molar-refractivity contribution < 1.29 is 4.55 Å². The normalized spacial score (nSPS) is 16.4. The fraction of sp³-hybridized carbons (Fsp3) is 0.556. The van der Waals surface area contributed by atoms with Crippen molar-refractivity contribution in [1.29, 1.82) is 0 Å². The fourth-order valence-electron chi connectivity index (χ4n) is 0.842. The molecule has 1 unspecified atom stereocenters. The molecule has 1 heterocycles. The molecule has 15 heavy (non-hydrogen) atoms. The van der Waals surface area contributed by atoms with Crippen molar-refractivity contribution in [2.75, 3.05) is 0 Å². The zero-order chi connectivity index (χ0) is 11.6. The van der Waals surface area contributed by atoms with Gasteiger partial charge in [0.1, 0.15) is 10.9 Å². The molecule has 0 amide bonds. The van der Waals surface area contributed by atoms with E-state index in [1.807, 2.05) is 32.2 Å². The van der Waals surface area contributed by atoms with Crippen molar-refractivity contribution in [3.8, 4) is 0 Å². The third kappa shape index (κ3) is 4.05. The first-order chi connectivity index (χ1) is 6.80. The maximum Gasteiger partial charge on any atom is 0.137 e. The number of thiophene rings is 1. The lowest BCUT2D eigenvalue weighted by molar-refractivity contribution is 0.528. The Hall–Kier alpha value is 0.410. The van der Waals surface area contributed by atoms with Crippen molar-refractivity contribution in [2.24, 2.45) is 5.73 Å². The Balaban J connectivity index is 2.60. The van der Waals surface area contributed by atoms with Crippen molar-refractivity contribution in [3.05, 3.63) is 20.8 Å². The Bertz CT molecular complexity index is 324. The van der Waals surface area contributed by atoms with Crippen LogP contribution in [0.4, 0.5) is 0 Å². The minimum atomic E-state index is -1.14. The summed E-state index contributed by atoms with van der Waals surface area (Å²) in [6, 6.07) is 1.93. The largest absolute Gasteiger partial charge is 0.598 e. The summed E-state index contributed by atoms with van der Waals surface area (Å²) in [6.45, 7) is 5.73. The summed E-state index contributed by atoms with van der Waals surface area (Å²) >= 11 is 3.76. The Morgan fingerprint density at radius 1 is 1.60 bits per heavy atom. The Kier molecular flexibility index (Phi) is 4.64. The van der Waals surface area contributed by atoms with Crippen LogP contribution in [0, 0.1) is 0 Å². The molecule has 0 aromatic carbocycles. The van der Waals surface area contributed by atoms with Gasteiger partial charge in [0.15, 0.2) is 0 Å². The van der Waals surface area contributed by atoms with Gasteiger partial charge in [0.2, 0.25) is 0 Å². The number of nitrogens with two attached hydrogens (primary N) is 1. The third-order valence-electron chi connectivity index (χ3n) is 1.68. The van der Waals surface area contributed by atoms with Crippen molar-refractivity contribution in [1.82, 2.24) is 4.72 Å². The molecular formula is C9H15BrN2OS2. The highest BCUT2D eigenvalue weighted by Gasteiger charge is 2.28. The highest BCUT2D eigenvalue weighted by Crippen LogP contribution is 2.24. The van der Waals surface area contributed by atoms with E-state index in [1.54, 1.807) is 11.3 Å². The van der Waals surface area contributed by atoms with E-state index in [0.717, 1.165) is 9.35 Å². The van der Waals surface area contributed by atoms with Crippen LogP contribution >= 0.6 is 27.3 Å². The average molecular weight is 311 g/mol. The fourth-order valence-corrected chi connectivity index (χ4v) is 3.02. The molecule has 0 fully saturated rings. The molecule has 3 nitrogen and oxygen atoms in total. The van der Waals surface area contributed by atoms with Gasteiger partial charge in [-0.25, -0.2) is 0 Å². The number of hydrogen-bond acceptors (Lipinski definition) is 4. The summed E-state index contributed by atoms with van der Waals surface area (Å²) in [5.74, 6) is 0. The van der Waals surface area contributed by atoms with E-state index in [9.17, 15) is 4.55 Å². The summed E-state index contributed by atoms with van der Waals surface area (Å²) in [4.78, 5) is 0.972. The second-order valence-electron chi connectivity index (χ2n) is 4.14. The molecule has 0 saturated heterocycles. The molecule has 3 N–H and O–H groups in total. The van der Waals surface area contributed by atoms with E-state index >= 15 is 0 Å². The molecule has 2 atom stereocenters. The molecule has 1 aromatic heterocycles. The average Bonchev–Trinajstić information content (AvgIpc) is 2.50. The van der Waals surface area contributed by atoms with Gasteiger partial charge in [-0.3, -0.25) is 0 Å². The van der Waals surface area contributed by atoms with E-state index in [1.165, 1.54) is 0 Å². The lowest BCUT2D eigenvalue weighted by Crippen LogP contribution is -2.43. The first-order valence-electron chi connectivity index (χ1n) is 4.48. The van der Waals surface area contributed by atoms with Crippen LogP contribution in [-0.2, 0) is 11.4 Å². The van der Waals surface area contributed by atoms with Gasteiger partial charge >= 0.3 is 0 Å². The first-order valence-corrected chi connectivity index (χ1v) is 7.30. The van der Waals surface area contributed by atoms with E-state index < -0.39 is 11.4 Å². The monoisotopic (exact) mass is 310 g/mol. The lowest BCUT2D eigenvalue weighted by atomic mass is 10.3. The molecule has 1 rings (SSSR count). The first kappa shape index (κ1) is 13.5. The molecule has 0 spiro atoms. The van der Waals surface area contributed by atoms with E-state index in [2.05, 4.69) is 20.7 Å². The van der Waals surface area contributed by atoms with Gasteiger partial charge in [-0.05, 0) is 42.8 Å². The number of nitrogens with one attached hydrogen (secondary N) is 1. The van der Waals surface area contributed by atoms with Crippen LogP contribution in [0.1, 0.15) is 31.8 Å². The van der Waals surface area contributed by atoms with Gasteiger partial charge in [0, 0.05) is 26.1 Å². The molecule has 86 valence electrons.